The smallest absolute Gasteiger partial charge is 0.282 e. The van der Waals surface area contributed by atoms with E-state index in [9.17, 15) is 31.2 Å². The lowest BCUT2D eigenvalue weighted by Crippen LogP contribution is -2.58. The predicted octanol–water partition coefficient (Wildman–Crippen LogP) is 3.58. The zero-order valence-electron chi connectivity index (χ0n) is 21.3. The van der Waals surface area contributed by atoms with E-state index in [1.54, 1.807) is 19.1 Å². The summed E-state index contributed by atoms with van der Waals surface area (Å²) in [5.74, 6) is -5.88. The molecule has 3 aliphatic rings. The maximum absolute atomic E-state index is 14.3. The molecular formula is C26H30ClF3N4O4S. The van der Waals surface area contributed by atoms with Crippen LogP contribution in [-0.4, -0.2) is 73.0 Å². The minimum atomic E-state index is -3.70. The van der Waals surface area contributed by atoms with Gasteiger partial charge in [-0.05, 0) is 43.2 Å². The molecule has 2 aliphatic heterocycles. The number of halogens is 4. The fourth-order valence-electron chi connectivity index (χ4n) is 4.69. The Hall–Kier alpha value is -2.67. The summed E-state index contributed by atoms with van der Waals surface area (Å²) in [7, 11) is -3.70. The number of anilines is 1. The second kappa shape index (κ2) is 11.4. The van der Waals surface area contributed by atoms with Crippen LogP contribution in [0.2, 0.25) is 0 Å². The number of rotatable bonds is 10. The summed E-state index contributed by atoms with van der Waals surface area (Å²) < 4.78 is 69.2. The molecule has 2 amide bonds. The van der Waals surface area contributed by atoms with Gasteiger partial charge in [-0.2, -0.15) is 17.0 Å². The normalized spacial score (nSPS) is 22.9. The van der Waals surface area contributed by atoms with Crippen molar-refractivity contribution < 1.29 is 31.2 Å². The molecule has 2 heterocycles. The molecule has 0 bridgehead atoms. The summed E-state index contributed by atoms with van der Waals surface area (Å²) >= 11 is 6.44. The van der Waals surface area contributed by atoms with Crippen molar-refractivity contribution in [1.82, 2.24) is 13.9 Å². The zero-order chi connectivity index (χ0) is 28.5. The van der Waals surface area contributed by atoms with Gasteiger partial charge in [-0.25, -0.2) is 13.2 Å². The summed E-state index contributed by atoms with van der Waals surface area (Å²) in [4.78, 5) is 28.7. The van der Waals surface area contributed by atoms with Crippen LogP contribution in [0, 0.1) is 11.7 Å². The van der Waals surface area contributed by atoms with Gasteiger partial charge < -0.3 is 5.32 Å². The number of nitrogens with one attached hydrogen (secondary N) is 1. The zero-order valence-corrected chi connectivity index (χ0v) is 22.9. The van der Waals surface area contributed by atoms with Crippen LogP contribution in [-0.2, 0) is 19.8 Å². The number of carbonyl (C=O) groups excluding carboxylic acids is 2. The summed E-state index contributed by atoms with van der Waals surface area (Å²) in [6.07, 6.45) is 3.80. The van der Waals surface area contributed by atoms with E-state index in [0.717, 1.165) is 11.0 Å². The van der Waals surface area contributed by atoms with E-state index in [-0.39, 0.29) is 35.8 Å². The van der Waals surface area contributed by atoms with E-state index >= 15 is 0 Å². The van der Waals surface area contributed by atoms with Gasteiger partial charge in [0.25, 0.3) is 16.1 Å². The van der Waals surface area contributed by atoms with Crippen LogP contribution in [0.3, 0.4) is 0 Å². The Labute approximate surface area is 230 Å². The number of alkyl halides is 2. The number of benzene rings is 1. The number of carbonyl (C=O) groups is 2. The lowest BCUT2D eigenvalue weighted by Gasteiger charge is -2.39. The number of nitrogens with zero attached hydrogens (tertiary/aromatic N) is 3. The molecule has 1 N–H and O–H groups in total. The third kappa shape index (κ3) is 6.56. The first-order chi connectivity index (χ1) is 18.3. The molecule has 1 aromatic rings. The van der Waals surface area contributed by atoms with Crippen molar-refractivity contribution in [2.24, 2.45) is 5.92 Å². The van der Waals surface area contributed by atoms with Crippen molar-refractivity contribution in [2.45, 2.75) is 44.2 Å². The molecule has 8 nitrogen and oxygen atoms in total. The van der Waals surface area contributed by atoms with Crippen molar-refractivity contribution in [3.05, 3.63) is 65.5 Å². The van der Waals surface area contributed by atoms with E-state index in [1.165, 1.54) is 32.9 Å². The lowest BCUT2D eigenvalue weighted by molar-refractivity contribution is -0.132. The van der Waals surface area contributed by atoms with Crippen molar-refractivity contribution in [1.29, 1.82) is 0 Å². The molecule has 0 radical (unpaired) electrons. The Bertz CT molecular complexity index is 1310. The van der Waals surface area contributed by atoms with Crippen LogP contribution >= 0.6 is 11.6 Å². The molecule has 2 saturated heterocycles. The summed E-state index contributed by atoms with van der Waals surface area (Å²) in [6.45, 7) is 6.46. The molecule has 1 saturated carbocycles. The van der Waals surface area contributed by atoms with E-state index in [0.29, 0.717) is 13.1 Å². The number of amides is 2. The maximum atomic E-state index is 14.3. The molecule has 0 aromatic heterocycles. The monoisotopic (exact) mass is 586 g/mol. The highest BCUT2D eigenvalue weighted by Gasteiger charge is 2.48. The van der Waals surface area contributed by atoms with Crippen molar-refractivity contribution >= 4 is 39.3 Å². The quantitative estimate of drug-likeness (QED) is 0.335. The van der Waals surface area contributed by atoms with Gasteiger partial charge in [0.15, 0.2) is 0 Å². The fourth-order valence-corrected chi connectivity index (χ4v) is 6.44. The highest BCUT2D eigenvalue weighted by molar-refractivity contribution is 7.87. The average molecular weight is 587 g/mol. The number of hydrogen-bond donors (Lipinski definition) is 1. The molecule has 212 valence electrons. The number of hydrogen-bond acceptors (Lipinski definition) is 4. The van der Waals surface area contributed by atoms with Crippen LogP contribution in [0.5, 0.6) is 0 Å². The molecule has 0 unspecified atom stereocenters. The van der Waals surface area contributed by atoms with Crippen molar-refractivity contribution in [3.8, 4) is 0 Å². The SMILES string of the molecule is C=C(/C(Cl)=C\C=C/C)[C@@H](C(=O)NC1CC(F)(F)C1)N(C(=O)[C@@H]1CCN(S(=O)(=O)N2CC2)C1)c1cccc(F)c1. The minimum absolute atomic E-state index is 0.0115. The summed E-state index contributed by atoms with van der Waals surface area (Å²) in [6, 6.07) is 2.67. The van der Waals surface area contributed by atoms with Gasteiger partial charge in [0.2, 0.25) is 11.8 Å². The average Bonchev–Trinajstić information content (AvgIpc) is 3.60. The Kier molecular flexibility index (Phi) is 8.60. The maximum Gasteiger partial charge on any atom is 0.282 e. The number of allylic oxidation sites excluding steroid dienone is 3. The van der Waals surface area contributed by atoms with E-state index < -0.39 is 64.6 Å². The highest BCUT2D eigenvalue weighted by atomic mass is 35.5. The minimum Gasteiger partial charge on any atom is -0.351 e. The Morgan fingerprint density at radius 3 is 2.51 bits per heavy atom. The first-order valence-electron chi connectivity index (χ1n) is 12.5. The second-order valence-electron chi connectivity index (χ2n) is 9.88. The van der Waals surface area contributed by atoms with Gasteiger partial charge in [0.05, 0.1) is 5.92 Å². The van der Waals surface area contributed by atoms with Crippen LogP contribution in [0.15, 0.2) is 59.7 Å². The van der Waals surface area contributed by atoms with Gasteiger partial charge in [0.1, 0.15) is 11.9 Å². The Morgan fingerprint density at radius 2 is 1.92 bits per heavy atom. The summed E-state index contributed by atoms with van der Waals surface area (Å²) in [5.41, 5.74) is 0.00511. The van der Waals surface area contributed by atoms with Crippen LogP contribution in [0.1, 0.15) is 26.2 Å². The van der Waals surface area contributed by atoms with E-state index in [4.69, 9.17) is 11.6 Å². The van der Waals surface area contributed by atoms with E-state index in [1.807, 2.05) is 0 Å². The Balaban J connectivity index is 1.70. The first kappa shape index (κ1) is 29.3. The van der Waals surface area contributed by atoms with Gasteiger partial charge >= 0.3 is 0 Å². The lowest BCUT2D eigenvalue weighted by atomic mass is 9.87. The van der Waals surface area contributed by atoms with Crippen LogP contribution in [0.4, 0.5) is 18.9 Å². The molecule has 4 rings (SSSR count). The first-order valence-corrected chi connectivity index (χ1v) is 14.3. The second-order valence-corrected chi connectivity index (χ2v) is 12.2. The third-order valence-electron chi connectivity index (χ3n) is 6.90. The molecule has 3 fully saturated rings. The van der Waals surface area contributed by atoms with Crippen LogP contribution in [0.25, 0.3) is 0 Å². The predicted molar refractivity (Wildman–Crippen MR) is 142 cm³/mol. The molecule has 2 atom stereocenters. The molecular weight excluding hydrogens is 557 g/mol. The molecule has 39 heavy (non-hydrogen) atoms. The highest BCUT2D eigenvalue weighted by Crippen LogP contribution is 2.38. The molecule has 13 heteroatoms. The molecule has 1 aliphatic carbocycles. The van der Waals surface area contributed by atoms with Crippen molar-refractivity contribution in [2.75, 3.05) is 31.1 Å². The topological polar surface area (TPSA) is 89.8 Å². The van der Waals surface area contributed by atoms with Crippen LogP contribution < -0.4 is 10.2 Å². The van der Waals surface area contributed by atoms with Gasteiger partial charge in [-0.3, -0.25) is 14.5 Å². The Morgan fingerprint density at radius 1 is 1.23 bits per heavy atom. The summed E-state index contributed by atoms with van der Waals surface area (Å²) in [5, 5.41) is 2.57. The molecule has 1 aromatic carbocycles. The van der Waals surface area contributed by atoms with Gasteiger partial charge in [0, 0.05) is 55.8 Å². The third-order valence-corrected chi connectivity index (χ3v) is 9.27. The van der Waals surface area contributed by atoms with Crippen molar-refractivity contribution in [3.63, 3.8) is 0 Å². The largest absolute Gasteiger partial charge is 0.351 e. The van der Waals surface area contributed by atoms with Gasteiger partial charge in [-0.15, -0.1) is 0 Å². The van der Waals surface area contributed by atoms with Gasteiger partial charge in [-0.1, -0.05) is 36.4 Å². The van der Waals surface area contributed by atoms with E-state index in [2.05, 4.69) is 11.9 Å². The fraction of sp³-hybridized carbons (Fsp3) is 0.462. The molecule has 0 spiro atoms. The standard InChI is InChI=1S/C26H30ClF3N4O4S/c1-3-4-8-22(27)17(2)23(24(35)31-20-14-26(29,30)15-20)34(21-7-5-6-19(28)13-21)25(36)18-9-10-33(16-18)39(37,38)32-11-12-32/h3-8,13,18,20,23H,2,9-12,14-16H2,1H3,(H,31,35)/b4-3-,22-8+/t18-,23+/m1/s1.